The molecule has 0 fully saturated rings. The van der Waals surface area contributed by atoms with E-state index < -0.39 is 11.5 Å². The van der Waals surface area contributed by atoms with Crippen molar-refractivity contribution in [2.75, 3.05) is 0 Å². The van der Waals surface area contributed by atoms with Crippen molar-refractivity contribution in [1.82, 2.24) is 0 Å². The average Bonchev–Trinajstić information content (AvgIpc) is 3.03. The fourth-order valence-corrected chi connectivity index (χ4v) is 7.74. The molecule has 1 aliphatic rings. The number of para-hydroxylation sites is 2. The molecule has 5 rings (SSSR count). The fraction of sp³-hybridized carbons (Fsp3) is 0.235. The molecule has 0 radical (unpaired) electrons. The van der Waals surface area contributed by atoms with Crippen LogP contribution in [0.5, 0.6) is 34.5 Å². The SMILES string of the molecule is CCCC(=Nc1c(C)cccc1C)C(C)=Nc1c(C)cccc1C.[Ni+2].[O-]c1c([O-])c(Br)c2c(c1Br)Oc1c(Br)c(Br)c(Br)c(Br)c1O2. The van der Waals surface area contributed by atoms with Crippen LogP contribution in [0, 0.1) is 27.7 Å². The van der Waals surface area contributed by atoms with Gasteiger partial charge in [-0.1, -0.05) is 61.2 Å². The molecule has 0 unspecified atom stereocenters. The monoisotopic (exact) mass is 1060 g/mol. The Balaban J connectivity index is 0.000000251. The van der Waals surface area contributed by atoms with Crippen molar-refractivity contribution in [3.8, 4) is 34.5 Å². The van der Waals surface area contributed by atoms with Gasteiger partial charge in [0, 0.05) is 0 Å². The van der Waals surface area contributed by atoms with Gasteiger partial charge < -0.3 is 19.7 Å². The number of hydrogen-bond donors (Lipinski definition) is 0. The van der Waals surface area contributed by atoms with Crippen LogP contribution in [0.2, 0.25) is 0 Å². The molecule has 0 saturated heterocycles. The maximum absolute atomic E-state index is 11.9. The molecular formula is C34H28Br6N2NiO4. The minimum atomic E-state index is -0.705. The van der Waals surface area contributed by atoms with E-state index in [-0.39, 0.29) is 36.9 Å². The number of rotatable bonds is 5. The molecule has 4 aromatic carbocycles. The molecule has 0 bridgehead atoms. The predicted molar refractivity (Wildman–Crippen MR) is 205 cm³/mol. The van der Waals surface area contributed by atoms with E-state index in [0.717, 1.165) is 35.6 Å². The topological polar surface area (TPSA) is 89.3 Å². The molecule has 1 heterocycles. The van der Waals surface area contributed by atoms with Crippen molar-refractivity contribution >= 4 is 118 Å². The number of halogens is 6. The van der Waals surface area contributed by atoms with Crippen molar-refractivity contribution < 1.29 is 36.2 Å². The first-order valence-electron chi connectivity index (χ1n) is 14.1. The molecule has 0 saturated carbocycles. The number of benzene rings is 4. The Morgan fingerprint density at radius 3 is 1.30 bits per heavy atom. The molecule has 13 heteroatoms. The van der Waals surface area contributed by atoms with Crippen molar-refractivity contribution in [2.24, 2.45) is 9.98 Å². The maximum atomic E-state index is 11.9. The summed E-state index contributed by atoms with van der Waals surface area (Å²) in [4.78, 5) is 9.91. The van der Waals surface area contributed by atoms with Gasteiger partial charge in [-0.2, -0.15) is 0 Å². The Hall–Kier alpha value is -1.21. The van der Waals surface area contributed by atoms with Gasteiger partial charge in [0.05, 0.1) is 49.6 Å². The van der Waals surface area contributed by atoms with Crippen LogP contribution in [0.4, 0.5) is 11.4 Å². The third kappa shape index (κ3) is 8.58. The molecule has 4 aromatic rings. The molecule has 0 spiro atoms. The summed E-state index contributed by atoms with van der Waals surface area (Å²) < 4.78 is 14.3. The first-order valence-corrected chi connectivity index (χ1v) is 18.8. The molecule has 0 aromatic heterocycles. The summed E-state index contributed by atoms with van der Waals surface area (Å²) in [6.07, 6.45) is 2.00. The van der Waals surface area contributed by atoms with Gasteiger partial charge in [-0.3, -0.25) is 9.98 Å². The van der Waals surface area contributed by atoms with E-state index in [4.69, 9.17) is 19.5 Å². The summed E-state index contributed by atoms with van der Waals surface area (Å²) in [6.45, 7) is 12.7. The van der Waals surface area contributed by atoms with Gasteiger partial charge in [-0.05, 0) is 159 Å². The van der Waals surface area contributed by atoms with Gasteiger partial charge >= 0.3 is 16.5 Å². The van der Waals surface area contributed by atoms with E-state index in [1.807, 2.05) is 0 Å². The van der Waals surface area contributed by atoms with Gasteiger partial charge in [0.2, 0.25) is 0 Å². The number of hydrogen-bond acceptors (Lipinski definition) is 6. The van der Waals surface area contributed by atoms with Crippen LogP contribution in [0.1, 0.15) is 48.9 Å². The van der Waals surface area contributed by atoms with E-state index in [1.165, 1.54) is 22.3 Å². The van der Waals surface area contributed by atoms with Crippen LogP contribution in [0.25, 0.3) is 0 Å². The molecule has 0 atom stereocenters. The van der Waals surface area contributed by atoms with E-state index in [0.29, 0.717) is 29.4 Å². The third-order valence-corrected chi connectivity index (χ3v) is 13.2. The molecule has 47 heavy (non-hydrogen) atoms. The standard InChI is InChI=1S/C22H28N2.C12H2Br6O4.Ni/c1-7-10-20(24-22-17(4)13-9-14-18(22)5)19(6)23-21-15(2)11-8-12-16(21)3;13-1-2(14)4(16)10-9(3(1)15)21-11-5(17)7(19)8(20)6(18)12(11)22-10;/h8-9,11-14H,7,10H2,1-6H3;19-20H;/q;;+2/p-2. The van der Waals surface area contributed by atoms with Gasteiger partial charge in [-0.15, -0.1) is 0 Å². The summed E-state index contributed by atoms with van der Waals surface area (Å²) >= 11 is 19.8. The summed E-state index contributed by atoms with van der Waals surface area (Å²) in [7, 11) is 0. The van der Waals surface area contributed by atoms with Gasteiger partial charge in [0.15, 0.2) is 23.0 Å². The smallest absolute Gasteiger partial charge is 0.872 e. The average molecular weight is 1070 g/mol. The molecule has 1 aliphatic heterocycles. The van der Waals surface area contributed by atoms with Crippen LogP contribution in [0.15, 0.2) is 73.2 Å². The van der Waals surface area contributed by atoms with E-state index in [2.05, 4.69) is 174 Å². The van der Waals surface area contributed by atoms with Crippen LogP contribution < -0.4 is 19.7 Å². The van der Waals surface area contributed by atoms with E-state index in [9.17, 15) is 10.2 Å². The largest absolute Gasteiger partial charge is 2.00 e. The minimum Gasteiger partial charge on any atom is -0.872 e. The second-order valence-corrected chi connectivity index (χ2v) is 15.3. The van der Waals surface area contributed by atoms with Crippen molar-refractivity contribution in [1.29, 1.82) is 0 Å². The Bertz CT molecular complexity index is 1740. The van der Waals surface area contributed by atoms with E-state index in [1.54, 1.807) is 0 Å². The second kappa shape index (κ2) is 17.1. The van der Waals surface area contributed by atoms with Gasteiger partial charge in [-0.25, -0.2) is 0 Å². The quantitative estimate of drug-likeness (QED) is 0.0759. The first kappa shape index (κ1) is 40.2. The normalized spacial score (nSPS) is 12.2. The molecule has 0 N–H and O–H groups in total. The van der Waals surface area contributed by atoms with Gasteiger partial charge in [0.25, 0.3) is 0 Å². The van der Waals surface area contributed by atoms with Crippen molar-refractivity contribution in [3.05, 3.63) is 85.5 Å². The molecule has 250 valence electrons. The Morgan fingerprint density at radius 1 is 0.596 bits per heavy atom. The van der Waals surface area contributed by atoms with Crippen molar-refractivity contribution in [2.45, 2.75) is 54.4 Å². The number of ether oxygens (including phenoxy) is 2. The fourth-order valence-electron chi connectivity index (χ4n) is 4.65. The maximum Gasteiger partial charge on any atom is 2.00 e. The van der Waals surface area contributed by atoms with Gasteiger partial charge in [0.1, 0.15) is 0 Å². The number of aryl methyl sites for hydroxylation is 4. The predicted octanol–water partition coefficient (Wildman–Crippen LogP) is 12.9. The zero-order chi connectivity index (χ0) is 34.0. The summed E-state index contributed by atoms with van der Waals surface area (Å²) in [6, 6.07) is 12.6. The number of nitrogens with zero attached hydrogens (tertiary/aromatic N) is 2. The van der Waals surface area contributed by atoms with Crippen LogP contribution in [0.3, 0.4) is 0 Å². The van der Waals surface area contributed by atoms with Crippen LogP contribution in [-0.4, -0.2) is 11.4 Å². The zero-order valence-corrected chi connectivity index (χ0v) is 36.5. The van der Waals surface area contributed by atoms with E-state index >= 15 is 0 Å². The third-order valence-electron chi connectivity index (χ3n) is 7.11. The van der Waals surface area contributed by atoms with Crippen LogP contribution >= 0.6 is 95.6 Å². The summed E-state index contributed by atoms with van der Waals surface area (Å²) in [5, 5.41) is 23.8. The Labute approximate surface area is 335 Å². The first-order chi connectivity index (χ1) is 21.7. The number of fused-ring (bicyclic) bond motifs is 2. The second-order valence-electron chi connectivity index (χ2n) is 10.5. The Morgan fingerprint density at radius 2 is 0.936 bits per heavy atom. The van der Waals surface area contributed by atoms with Crippen molar-refractivity contribution in [3.63, 3.8) is 0 Å². The molecule has 0 aliphatic carbocycles. The van der Waals surface area contributed by atoms with Crippen LogP contribution in [-0.2, 0) is 16.5 Å². The summed E-state index contributed by atoms with van der Waals surface area (Å²) in [5.41, 5.74) is 9.08. The minimum absolute atomic E-state index is 0. The molecular weight excluding hydrogens is 1040 g/mol. The molecule has 6 nitrogen and oxygen atoms in total. The zero-order valence-electron chi connectivity index (χ0n) is 26.0. The summed E-state index contributed by atoms with van der Waals surface area (Å²) in [5.74, 6) is -0.370. The number of aliphatic imine (C=N–C) groups is 2. The Kier molecular flexibility index (Phi) is 14.7. The molecule has 0 amide bonds.